The third-order valence-corrected chi connectivity index (χ3v) is 3.41. The zero-order chi connectivity index (χ0) is 14.5. The van der Waals surface area contributed by atoms with Crippen LogP contribution in [0.3, 0.4) is 0 Å². The van der Waals surface area contributed by atoms with E-state index < -0.39 is 0 Å². The van der Waals surface area contributed by atoms with Gasteiger partial charge in [-0.3, -0.25) is 0 Å². The van der Waals surface area contributed by atoms with Crippen molar-refractivity contribution in [2.45, 2.75) is 13.8 Å². The third kappa shape index (κ3) is 3.21. The van der Waals surface area contributed by atoms with E-state index in [2.05, 4.69) is 44.2 Å². The van der Waals surface area contributed by atoms with Gasteiger partial charge in [-0.15, -0.1) is 0 Å². The molecule has 0 saturated carbocycles. The van der Waals surface area contributed by atoms with E-state index in [9.17, 15) is 0 Å². The van der Waals surface area contributed by atoms with Gasteiger partial charge < -0.3 is 9.47 Å². The summed E-state index contributed by atoms with van der Waals surface area (Å²) in [6.45, 7) is 4.25. The molecule has 0 radical (unpaired) electrons. The molecule has 0 aliphatic heterocycles. The molecule has 2 nitrogen and oxygen atoms in total. The van der Waals surface area contributed by atoms with E-state index in [0.717, 1.165) is 17.1 Å². The van der Waals surface area contributed by atoms with Crippen molar-refractivity contribution < 1.29 is 9.47 Å². The van der Waals surface area contributed by atoms with Crippen LogP contribution in [-0.4, -0.2) is 14.2 Å². The van der Waals surface area contributed by atoms with E-state index in [1.54, 1.807) is 14.2 Å². The number of rotatable bonds is 4. The molecule has 0 aromatic heterocycles. The van der Waals surface area contributed by atoms with Gasteiger partial charge in [-0.25, -0.2) is 0 Å². The first-order valence-electron chi connectivity index (χ1n) is 6.61. The molecule has 0 fully saturated rings. The zero-order valence-corrected chi connectivity index (χ0v) is 12.4. The molecular weight excluding hydrogens is 248 g/mol. The summed E-state index contributed by atoms with van der Waals surface area (Å²) in [6, 6.07) is 12.4. The molecule has 104 valence electrons. The summed E-state index contributed by atoms with van der Waals surface area (Å²) >= 11 is 0. The van der Waals surface area contributed by atoms with Crippen molar-refractivity contribution in [3.8, 4) is 11.5 Å². The fraction of sp³-hybridized carbons (Fsp3) is 0.222. The molecule has 0 aliphatic carbocycles. The molecule has 0 aliphatic rings. The highest BCUT2D eigenvalue weighted by atomic mass is 16.5. The van der Waals surface area contributed by atoms with Crippen LogP contribution in [0.5, 0.6) is 11.5 Å². The maximum absolute atomic E-state index is 5.30. The Labute approximate surface area is 120 Å². The second-order valence-electron chi connectivity index (χ2n) is 4.79. The van der Waals surface area contributed by atoms with Gasteiger partial charge >= 0.3 is 0 Å². The molecule has 2 heteroatoms. The minimum atomic E-state index is 0.745. The first-order valence-corrected chi connectivity index (χ1v) is 6.61. The van der Waals surface area contributed by atoms with Crippen LogP contribution in [0.1, 0.15) is 22.3 Å². The fourth-order valence-electron chi connectivity index (χ4n) is 2.02. The molecule has 2 rings (SSSR count). The summed E-state index contributed by atoms with van der Waals surface area (Å²) in [7, 11) is 3.29. The molecule has 20 heavy (non-hydrogen) atoms. The highest BCUT2D eigenvalue weighted by Gasteiger charge is 2.02. The van der Waals surface area contributed by atoms with Gasteiger partial charge in [-0.1, -0.05) is 36.4 Å². The number of aryl methyl sites for hydroxylation is 2. The molecule has 0 amide bonds. The summed E-state index contributed by atoms with van der Waals surface area (Å²) < 4.78 is 10.5. The van der Waals surface area contributed by atoms with E-state index in [1.165, 1.54) is 16.7 Å². The summed E-state index contributed by atoms with van der Waals surface area (Å²) in [5.41, 5.74) is 4.90. The Morgan fingerprint density at radius 1 is 0.700 bits per heavy atom. The second kappa shape index (κ2) is 6.29. The number of methoxy groups -OCH3 is 2. The first-order chi connectivity index (χ1) is 9.63. The topological polar surface area (TPSA) is 18.5 Å². The molecule has 0 bridgehead atoms. The van der Waals surface area contributed by atoms with Gasteiger partial charge in [-0.2, -0.15) is 0 Å². The molecular formula is C18H20O2. The standard InChI is InChI=1S/C18H20O2/c1-13-5-6-15(11-14(13)2)7-8-16-9-10-17(19-3)18(12-16)20-4/h5-12H,1-4H3/b8-7-. The van der Waals surface area contributed by atoms with Gasteiger partial charge in [0.1, 0.15) is 0 Å². The second-order valence-corrected chi connectivity index (χ2v) is 4.79. The van der Waals surface area contributed by atoms with Crippen molar-refractivity contribution in [1.82, 2.24) is 0 Å². The van der Waals surface area contributed by atoms with Crippen molar-refractivity contribution >= 4 is 12.2 Å². The Balaban J connectivity index is 2.24. The van der Waals surface area contributed by atoms with Gasteiger partial charge in [0.2, 0.25) is 0 Å². The van der Waals surface area contributed by atoms with Crippen LogP contribution in [-0.2, 0) is 0 Å². The minimum absolute atomic E-state index is 0.745. The maximum Gasteiger partial charge on any atom is 0.161 e. The third-order valence-electron chi connectivity index (χ3n) is 3.41. The van der Waals surface area contributed by atoms with Crippen molar-refractivity contribution in [2.24, 2.45) is 0 Å². The fourth-order valence-corrected chi connectivity index (χ4v) is 2.02. The van der Waals surface area contributed by atoms with Gasteiger partial charge in [0, 0.05) is 0 Å². The lowest BCUT2D eigenvalue weighted by atomic mass is 10.1. The highest BCUT2D eigenvalue weighted by Crippen LogP contribution is 2.28. The maximum atomic E-state index is 5.30. The minimum Gasteiger partial charge on any atom is -0.493 e. The van der Waals surface area contributed by atoms with Crippen molar-refractivity contribution in [3.05, 3.63) is 58.7 Å². The first kappa shape index (κ1) is 14.2. The van der Waals surface area contributed by atoms with Gasteiger partial charge in [-0.05, 0) is 48.2 Å². The number of hydrogen-bond acceptors (Lipinski definition) is 2. The molecule has 0 N–H and O–H groups in total. The molecule has 0 heterocycles. The highest BCUT2D eigenvalue weighted by molar-refractivity contribution is 5.71. The SMILES string of the molecule is COc1ccc(/C=C\c2ccc(C)c(C)c2)cc1OC. The van der Waals surface area contributed by atoms with Crippen LogP contribution in [0.2, 0.25) is 0 Å². The van der Waals surface area contributed by atoms with Crippen molar-refractivity contribution in [2.75, 3.05) is 14.2 Å². The Morgan fingerprint density at radius 2 is 1.30 bits per heavy atom. The summed E-state index contributed by atoms with van der Waals surface area (Å²) in [4.78, 5) is 0. The van der Waals surface area contributed by atoms with E-state index in [0.29, 0.717) is 0 Å². The lowest BCUT2D eigenvalue weighted by Gasteiger charge is -2.07. The monoisotopic (exact) mass is 268 g/mol. The van der Waals surface area contributed by atoms with E-state index in [4.69, 9.17) is 9.47 Å². The predicted octanol–water partition coefficient (Wildman–Crippen LogP) is 4.49. The normalized spacial score (nSPS) is 10.8. The van der Waals surface area contributed by atoms with Crippen LogP contribution in [0.25, 0.3) is 12.2 Å². The number of ether oxygens (including phenoxy) is 2. The van der Waals surface area contributed by atoms with Gasteiger partial charge in [0.15, 0.2) is 11.5 Å². The molecule has 2 aromatic carbocycles. The van der Waals surface area contributed by atoms with Crippen LogP contribution < -0.4 is 9.47 Å². The lowest BCUT2D eigenvalue weighted by Crippen LogP contribution is -1.90. The smallest absolute Gasteiger partial charge is 0.161 e. The average molecular weight is 268 g/mol. The lowest BCUT2D eigenvalue weighted by molar-refractivity contribution is 0.355. The van der Waals surface area contributed by atoms with Crippen LogP contribution in [0.15, 0.2) is 36.4 Å². The van der Waals surface area contributed by atoms with Gasteiger partial charge in [0.25, 0.3) is 0 Å². The van der Waals surface area contributed by atoms with E-state index >= 15 is 0 Å². The molecule has 0 atom stereocenters. The number of benzene rings is 2. The van der Waals surface area contributed by atoms with E-state index in [-0.39, 0.29) is 0 Å². The van der Waals surface area contributed by atoms with Crippen molar-refractivity contribution in [3.63, 3.8) is 0 Å². The Morgan fingerprint density at radius 3 is 1.90 bits per heavy atom. The Bertz CT molecular complexity index is 627. The molecule has 0 unspecified atom stereocenters. The summed E-state index contributed by atoms with van der Waals surface area (Å²) in [5, 5.41) is 0. The zero-order valence-electron chi connectivity index (χ0n) is 12.4. The summed E-state index contributed by atoms with van der Waals surface area (Å²) in [5.74, 6) is 1.49. The Kier molecular flexibility index (Phi) is 4.46. The van der Waals surface area contributed by atoms with E-state index in [1.807, 2.05) is 18.2 Å². The van der Waals surface area contributed by atoms with Gasteiger partial charge in [0.05, 0.1) is 14.2 Å². The molecule has 2 aromatic rings. The molecule has 0 saturated heterocycles. The predicted molar refractivity (Wildman–Crippen MR) is 84.4 cm³/mol. The van der Waals surface area contributed by atoms with Crippen LogP contribution >= 0.6 is 0 Å². The molecule has 0 spiro atoms. The van der Waals surface area contributed by atoms with Crippen LogP contribution in [0.4, 0.5) is 0 Å². The van der Waals surface area contributed by atoms with Crippen LogP contribution in [0, 0.1) is 13.8 Å². The quantitative estimate of drug-likeness (QED) is 0.761. The Hall–Kier alpha value is -2.22. The largest absolute Gasteiger partial charge is 0.493 e. The number of hydrogen-bond donors (Lipinski definition) is 0. The van der Waals surface area contributed by atoms with Crippen molar-refractivity contribution in [1.29, 1.82) is 0 Å². The summed E-state index contributed by atoms with van der Waals surface area (Å²) in [6.07, 6.45) is 4.18. The average Bonchev–Trinajstić information content (AvgIpc) is 2.48.